The highest BCUT2D eigenvalue weighted by Gasteiger charge is 2.08. The van der Waals surface area contributed by atoms with Crippen molar-refractivity contribution in [3.05, 3.63) is 70.6 Å². The second kappa shape index (κ2) is 5.70. The first-order chi connectivity index (χ1) is 10.2. The number of hydrogen-bond acceptors (Lipinski definition) is 2. The van der Waals surface area contributed by atoms with Crippen molar-refractivity contribution in [3.63, 3.8) is 0 Å². The van der Waals surface area contributed by atoms with Crippen molar-refractivity contribution in [1.29, 1.82) is 0 Å². The van der Waals surface area contributed by atoms with Gasteiger partial charge in [-0.2, -0.15) is 0 Å². The van der Waals surface area contributed by atoms with E-state index in [1.54, 1.807) is 12.3 Å². The van der Waals surface area contributed by atoms with Crippen molar-refractivity contribution in [2.24, 2.45) is 0 Å². The third-order valence-electron chi connectivity index (χ3n) is 3.48. The van der Waals surface area contributed by atoms with Gasteiger partial charge in [0.2, 0.25) is 0 Å². The van der Waals surface area contributed by atoms with Crippen molar-refractivity contribution in [3.8, 4) is 0 Å². The molecule has 0 fully saturated rings. The number of fused-ring (bicyclic) bond motifs is 1. The summed E-state index contributed by atoms with van der Waals surface area (Å²) in [6.45, 7) is 2.37. The van der Waals surface area contributed by atoms with Gasteiger partial charge in [0.1, 0.15) is 5.82 Å². The van der Waals surface area contributed by atoms with Gasteiger partial charge in [-0.1, -0.05) is 29.8 Å². The Hall–Kier alpha value is -2.13. The number of para-hydroxylation sites is 1. The van der Waals surface area contributed by atoms with E-state index in [4.69, 9.17) is 11.6 Å². The van der Waals surface area contributed by atoms with Crippen LogP contribution in [0.5, 0.6) is 0 Å². The number of nitrogens with zero attached hydrogens (tertiary/aromatic N) is 1. The third-order valence-corrected chi connectivity index (χ3v) is 3.81. The topological polar surface area (TPSA) is 24.9 Å². The average molecular weight is 301 g/mol. The number of nitrogens with one attached hydrogen (secondary N) is 1. The van der Waals surface area contributed by atoms with Gasteiger partial charge in [-0.15, -0.1) is 0 Å². The smallest absolute Gasteiger partial charge is 0.146 e. The van der Waals surface area contributed by atoms with E-state index in [1.165, 1.54) is 6.07 Å². The molecule has 1 heterocycles. The van der Waals surface area contributed by atoms with Crippen molar-refractivity contribution < 1.29 is 4.39 Å². The summed E-state index contributed by atoms with van der Waals surface area (Å²) in [7, 11) is 0. The number of rotatable bonds is 3. The fraction of sp³-hybridized carbons (Fsp3) is 0.118. The Kier molecular flexibility index (Phi) is 3.76. The van der Waals surface area contributed by atoms with E-state index in [1.807, 2.05) is 37.3 Å². The predicted octanol–water partition coefficient (Wildman–Crippen LogP) is 4.95. The first-order valence-electron chi connectivity index (χ1n) is 6.68. The minimum absolute atomic E-state index is 0.249. The summed E-state index contributed by atoms with van der Waals surface area (Å²) >= 11 is 6.18. The predicted molar refractivity (Wildman–Crippen MR) is 85.2 cm³/mol. The summed E-state index contributed by atoms with van der Waals surface area (Å²) in [5.41, 5.74) is 3.22. The van der Waals surface area contributed by atoms with Crippen molar-refractivity contribution >= 4 is 28.2 Å². The molecule has 0 aliphatic heterocycles. The molecule has 0 bridgehead atoms. The minimum Gasteiger partial charge on any atom is -0.378 e. The summed E-state index contributed by atoms with van der Waals surface area (Å²) in [4.78, 5) is 4.38. The molecule has 21 heavy (non-hydrogen) atoms. The molecule has 0 amide bonds. The van der Waals surface area contributed by atoms with Crippen LogP contribution in [-0.4, -0.2) is 4.98 Å². The van der Waals surface area contributed by atoms with E-state index in [-0.39, 0.29) is 5.82 Å². The Morgan fingerprint density at radius 2 is 2.00 bits per heavy atom. The minimum atomic E-state index is -0.249. The molecule has 0 radical (unpaired) electrons. The van der Waals surface area contributed by atoms with Crippen molar-refractivity contribution in [2.45, 2.75) is 13.5 Å². The number of aryl methyl sites for hydroxylation is 1. The molecule has 2 nitrogen and oxygen atoms in total. The van der Waals surface area contributed by atoms with Crippen LogP contribution in [0, 0.1) is 12.7 Å². The number of benzene rings is 2. The Bertz CT molecular complexity index is 782. The maximum atomic E-state index is 13.8. The first kappa shape index (κ1) is 13.8. The zero-order chi connectivity index (χ0) is 14.8. The molecule has 0 aliphatic carbocycles. The molecule has 106 valence electrons. The Morgan fingerprint density at radius 3 is 2.81 bits per heavy atom. The third kappa shape index (κ3) is 2.69. The van der Waals surface area contributed by atoms with E-state index in [0.717, 1.165) is 22.0 Å². The molecule has 2 aromatic carbocycles. The SMILES string of the molecule is Cc1cccc(F)c1NCc1ccc(Cl)c2cccnc12. The maximum Gasteiger partial charge on any atom is 0.146 e. The first-order valence-corrected chi connectivity index (χ1v) is 7.05. The lowest BCUT2D eigenvalue weighted by Gasteiger charge is -2.12. The molecule has 0 spiro atoms. The number of hydrogen-bond donors (Lipinski definition) is 1. The highest BCUT2D eigenvalue weighted by molar-refractivity contribution is 6.35. The van der Waals surface area contributed by atoms with Gasteiger partial charge in [0, 0.05) is 23.2 Å². The van der Waals surface area contributed by atoms with E-state index in [9.17, 15) is 4.39 Å². The fourth-order valence-electron chi connectivity index (χ4n) is 2.38. The number of halogens is 2. The van der Waals surface area contributed by atoms with Gasteiger partial charge in [-0.3, -0.25) is 4.98 Å². The summed E-state index contributed by atoms with van der Waals surface area (Å²) in [6.07, 6.45) is 1.73. The standard InChI is InChI=1S/C17H14ClFN2/c1-11-4-2-6-15(19)16(11)21-10-12-7-8-14(18)13-5-3-9-20-17(12)13/h2-9,21H,10H2,1H3. The van der Waals surface area contributed by atoms with Crippen molar-refractivity contribution in [1.82, 2.24) is 4.98 Å². The molecule has 4 heteroatoms. The lowest BCUT2D eigenvalue weighted by molar-refractivity contribution is 0.629. The van der Waals surface area contributed by atoms with Crippen LogP contribution in [0.25, 0.3) is 10.9 Å². The second-order valence-corrected chi connectivity index (χ2v) is 5.30. The Morgan fingerprint density at radius 1 is 1.14 bits per heavy atom. The van der Waals surface area contributed by atoms with E-state index < -0.39 is 0 Å². The van der Waals surface area contributed by atoms with Crippen LogP contribution in [0.1, 0.15) is 11.1 Å². The van der Waals surface area contributed by atoms with Gasteiger partial charge in [0.15, 0.2) is 0 Å². The van der Waals surface area contributed by atoms with E-state index >= 15 is 0 Å². The Labute approximate surface area is 127 Å². The van der Waals surface area contributed by atoms with Crippen LogP contribution in [0.3, 0.4) is 0 Å². The van der Waals surface area contributed by atoms with Crippen LogP contribution in [0.15, 0.2) is 48.7 Å². The largest absolute Gasteiger partial charge is 0.378 e. The zero-order valence-corrected chi connectivity index (χ0v) is 12.3. The molecule has 1 aromatic heterocycles. The van der Waals surface area contributed by atoms with Gasteiger partial charge in [0.05, 0.1) is 11.2 Å². The second-order valence-electron chi connectivity index (χ2n) is 4.89. The van der Waals surface area contributed by atoms with Crippen molar-refractivity contribution in [2.75, 3.05) is 5.32 Å². The normalized spacial score (nSPS) is 10.8. The summed E-state index contributed by atoms with van der Waals surface area (Å²) < 4.78 is 13.8. The number of pyridine rings is 1. The molecule has 0 atom stereocenters. The van der Waals surface area contributed by atoms with Crippen LogP contribution < -0.4 is 5.32 Å². The van der Waals surface area contributed by atoms with Gasteiger partial charge in [0.25, 0.3) is 0 Å². The van der Waals surface area contributed by atoms with Gasteiger partial charge < -0.3 is 5.32 Å². The lowest BCUT2D eigenvalue weighted by atomic mass is 10.1. The molecule has 0 aliphatic rings. The summed E-state index contributed by atoms with van der Waals surface area (Å²) in [5.74, 6) is -0.249. The van der Waals surface area contributed by atoms with Gasteiger partial charge >= 0.3 is 0 Å². The Balaban J connectivity index is 1.94. The molecule has 3 rings (SSSR count). The van der Waals surface area contributed by atoms with Crippen LogP contribution in [-0.2, 0) is 6.54 Å². The molecular formula is C17H14ClFN2. The van der Waals surface area contributed by atoms with Gasteiger partial charge in [-0.25, -0.2) is 4.39 Å². The molecule has 0 saturated heterocycles. The lowest BCUT2D eigenvalue weighted by Crippen LogP contribution is -2.04. The van der Waals surface area contributed by atoms with Gasteiger partial charge in [-0.05, 0) is 42.3 Å². The quantitative estimate of drug-likeness (QED) is 0.740. The average Bonchev–Trinajstić information content (AvgIpc) is 2.49. The monoisotopic (exact) mass is 300 g/mol. The highest BCUT2D eigenvalue weighted by atomic mass is 35.5. The van der Waals surface area contributed by atoms with E-state index in [2.05, 4.69) is 10.3 Å². The van der Waals surface area contributed by atoms with Crippen LogP contribution >= 0.6 is 11.6 Å². The van der Waals surface area contributed by atoms with Crippen LogP contribution in [0.2, 0.25) is 5.02 Å². The summed E-state index contributed by atoms with van der Waals surface area (Å²) in [6, 6.07) is 12.6. The highest BCUT2D eigenvalue weighted by Crippen LogP contribution is 2.26. The zero-order valence-electron chi connectivity index (χ0n) is 11.5. The van der Waals surface area contributed by atoms with E-state index in [0.29, 0.717) is 17.3 Å². The molecule has 0 saturated carbocycles. The molecule has 3 aromatic rings. The molecular weight excluding hydrogens is 287 g/mol. The summed E-state index contributed by atoms with van der Waals surface area (Å²) in [5, 5.41) is 4.73. The number of aromatic nitrogens is 1. The van der Waals surface area contributed by atoms with Crippen LogP contribution in [0.4, 0.5) is 10.1 Å². The molecule has 1 N–H and O–H groups in total. The molecule has 0 unspecified atom stereocenters. The number of anilines is 1. The maximum absolute atomic E-state index is 13.8. The fourth-order valence-corrected chi connectivity index (χ4v) is 2.59.